The van der Waals surface area contributed by atoms with Crippen LogP contribution in [0.15, 0.2) is 11.6 Å². The fourth-order valence-corrected chi connectivity index (χ4v) is 0.356. The number of hydrogen-bond donors (Lipinski definition) is 2. The van der Waals surface area contributed by atoms with Gasteiger partial charge in [-0.25, -0.2) is 0 Å². The van der Waals surface area contributed by atoms with E-state index in [0.717, 1.165) is 0 Å². The predicted octanol–water partition coefficient (Wildman–Crippen LogP) is 1.74. The molecule has 86 valence electrons. The standard InChI is InChI=1S/C6H14O3.C5H10/c1-5(8)4-9-6(2)3-7;1-4-5(2)3/h5-8H,3-4H2,1-2H3;4H,1-3H3. The molecule has 2 atom stereocenters. The Kier molecular flexibility index (Phi) is 12.3. The van der Waals surface area contributed by atoms with E-state index in [1.54, 1.807) is 13.8 Å². The summed E-state index contributed by atoms with van der Waals surface area (Å²) in [7, 11) is 0. The number of hydrogen-bond acceptors (Lipinski definition) is 3. The van der Waals surface area contributed by atoms with E-state index in [1.165, 1.54) is 5.57 Å². The van der Waals surface area contributed by atoms with Crippen molar-refractivity contribution < 1.29 is 14.9 Å². The van der Waals surface area contributed by atoms with Crippen molar-refractivity contribution in [2.45, 2.75) is 46.8 Å². The van der Waals surface area contributed by atoms with E-state index in [1.807, 2.05) is 6.92 Å². The summed E-state index contributed by atoms with van der Waals surface area (Å²) in [6.07, 6.45) is 1.47. The molecular weight excluding hydrogens is 180 g/mol. The molecule has 0 spiro atoms. The van der Waals surface area contributed by atoms with Crippen LogP contribution in [0.3, 0.4) is 0 Å². The molecule has 0 amide bonds. The van der Waals surface area contributed by atoms with Crippen LogP contribution in [0.4, 0.5) is 0 Å². The Morgan fingerprint density at radius 1 is 1.36 bits per heavy atom. The van der Waals surface area contributed by atoms with E-state index in [2.05, 4.69) is 19.9 Å². The second-order valence-corrected chi connectivity index (χ2v) is 3.54. The molecule has 0 bridgehead atoms. The van der Waals surface area contributed by atoms with Crippen LogP contribution in [-0.2, 0) is 4.74 Å². The van der Waals surface area contributed by atoms with Crippen molar-refractivity contribution in [1.29, 1.82) is 0 Å². The molecule has 2 N–H and O–H groups in total. The molecule has 0 saturated heterocycles. The number of aliphatic hydroxyl groups is 2. The molecule has 0 aliphatic carbocycles. The highest BCUT2D eigenvalue weighted by atomic mass is 16.5. The minimum Gasteiger partial charge on any atom is -0.394 e. The molecule has 0 aromatic carbocycles. The lowest BCUT2D eigenvalue weighted by Crippen LogP contribution is -2.19. The Bertz CT molecular complexity index is 137. The fraction of sp³-hybridized carbons (Fsp3) is 0.818. The molecule has 14 heavy (non-hydrogen) atoms. The van der Waals surface area contributed by atoms with Gasteiger partial charge in [-0.15, -0.1) is 0 Å². The van der Waals surface area contributed by atoms with Gasteiger partial charge in [0, 0.05) is 0 Å². The van der Waals surface area contributed by atoms with Gasteiger partial charge in [0.2, 0.25) is 0 Å². The van der Waals surface area contributed by atoms with Gasteiger partial charge in [-0.1, -0.05) is 11.6 Å². The number of ether oxygens (including phenoxy) is 1. The van der Waals surface area contributed by atoms with Gasteiger partial charge < -0.3 is 14.9 Å². The summed E-state index contributed by atoms with van der Waals surface area (Å²) in [4.78, 5) is 0. The maximum absolute atomic E-state index is 8.69. The van der Waals surface area contributed by atoms with Crippen LogP contribution in [0.1, 0.15) is 34.6 Å². The molecule has 0 fully saturated rings. The largest absolute Gasteiger partial charge is 0.394 e. The summed E-state index contributed by atoms with van der Waals surface area (Å²) in [5.41, 5.74) is 1.38. The van der Waals surface area contributed by atoms with Gasteiger partial charge in [-0.05, 0) is 34.6 Å². The lowest BCUT2D eigenvalue weighted by molar-refractivity contribution is -0.0177. The van der Waals surface area contributed by atoms with Gasteiger partial charge in [0.15, 0.2) is 0 Å². The van der Waals surface area contributed by atoms with Gasteiger partial charge in [-0.3, -0.25) is 0 Å². The van der Waals surface area contributed by atoms with Crippen molar-refractivity contribution >= 4 is 0 Å². The number of rotatable bonds is 4. The fourth-order valence-electron chi connectivity index (χ4n) is 0.356. The van der Waals surface area contributed by atoms with E-state index in [0.29, 0.717) is 6.61 Å². The molecule has 0 aromatic rings. The first-order chi connectivity index (χ1) is 6.43. The zero-order valence-electron chi connectivity index (χ0n) is 9.95. The summed E-state index contributed by atoms with van der Waals surface area (Å²) in [5, 5.41) is 17.1. The average Bonchev–Trinajstić information content (AvgIpc) is 2.14. The second kappa shape index (κ2) is 10.7. The Morgan fingerprint density at radius 2 is 1.79 bits per heavy atom. The van der Waals surface area contributed by atoms with Gasteiger partial charge in [0.1, 0.15) is 0 Å². The van der Waals surface area contributed by atoms with E-state index in [4.69, 9.17) is 14.9 Å². The normalized spacial score (nSPS) is 13.6. The summed E-state index contributed by atoms with van der Waals surface area (Å²) in [5.74, 6) is 0. The van der Waals surface area contributed by atoms with E-state index in [-0.39, 0.29) is 12.7 Å². The van der Waals surface area contributed by atoms with Gasteiger partial charge in [-0.2, -0.15) is 0 Å². The molecule has 0 rings (SSSR count). The van der Waals surface area contributed by atoms with Crippen molar-refractivity contribution in [2.75, 3.05) is 13.2 Å². The van der Waals surface area contributed by atoms with Crippen LogP contribution >= 0.6 is 0 Å². The highest BCUT2D eigenvalue weighted by Gasteiger charge is 2.00. The molecule has 3 heteroatoms. The van der Waals surface area contributed by atoms with Crippen molar-refractivity contribution in [3.8, 4) is 0 Å². The first-order valence-electron chi connectivity index (χ1n) is 4.94. The Balaban J connectivity index is 0. The van der Waals surface area contributed by atoms with Crippen LogP contribution in [0.25, 0.3) is 0 Å². The van der Waals surface area contributed by atoms with E-state index in [9.17, 15) is 0 Å². The van der Waals surface area contributed by atoms with Crippen LogP contribution in [0, 0.1) is 0 Å². The third kappa shape index (κ3) is 17.6. The maximum Gasteiger partial charge on any atom is 0.0779 e. The third-order valence-corrected chi connectivity index (χ3v) is 1.46. The first-order valence-corrected chi connectivity index (χ1v) is 4.94. The zero-order valence-corrected chi connectivity index (χ0v) is 9.95. The molecule has 0 aliphatic rings. The highest BCUT2D eigenvalue weighted by Crippen LogP contribution is 1.90. The molecular formula is C11H24O3. The molecule has 2 unspecified atom stereocenters. The zero-order chi connectivity index (χ0) is 11.6. The lowest BCUT2D eigenvalue weighted by Gasteiger charge is -2.10. The smallest absolute Gasteiger partial charge is 0.0779 e. The van der Waals surface area contributed by atoms with E-state index < -0.39 is 6.10 Å². The van der Waals surface area contributed by atoms with Gasteiger partial charge in [0.05, 0.1) is 25.4 Å². The SMILES string of the molecule is CC(O)COC(C)CO.CC=C(C)C. The summed E-state index contributed by atoms with van der Waals surface area (Å²) in [6.45, 7) is 9.90. The first kappa shape index (κ1) is 16.1. The van der Waals surface area contributed by atoms with E-state index >= 15 is 0 Å². The monoisotopic (exact) mass is 204 g/mol. The Labute approximate surface area is 87.4 Å². The third-order valence-electron chi connectivity index (χ3n) is 1.46. The van der Waals surface area contributed by atoms with Crippen LogP contribution in [-0.4, -0.2) is 35.6 Å². The highest BCUT2D eigenvalue weighted by molar-refractivity contribution is 4.88. The quantitative estimate of drug-likeness (QED) is 0.686. The molecule has 3 nitrogen and oxygen atoms in total. The molecule has 0 aromatic heterocycles. The van der Waals surface area contributed by atoms with Crippen molar-refractivity contribution in [3.63, 3.8) is 0 Å². The number of allylic oxidation sites excluding steroid dienone is 2. The Hall–Kier alpha value is -0.380. The number of aliphatic hydroxyl groups excluding tert-OH is 2. The molecule has 0 heterocycles. The van der Waals surface area contributed by atoms with Crippen molar-refractivity contribution in [3.05, 3.63) is 11.6 Å². The minimum absolute atomic E-state index is 0.00667. The predicted molar refractivity (Wildman–Crippen MR) is 59.3 cm³/mol. The minimum atomic E-state index is -0.445. The summed E-state index contributed by atoms with van der Waals surface area (Å²) >= 11 is 0. The Morgan fingerprint density at radius 3 is 2.00 bits per heavy atom. The average molecular weight is 204 g/mol. The van der Waals surface area contributed by atoms with Crippen LogP contribution in [0.5, 0.6) is 0 Å². The van der Waals surface area contributed by atoms with Gasteiger partial charge >= 0.3 is 0 Å². The van der Waals surface area contributed by atoms with Gasteiger partial charge in [0.25, 0.3) is 0 Å². The van der Waals surface area contributed by atoms with Crippen molar-refractivity contribution in [1.82, 2.24) is 0 Å². The molecule has 0 saturated carbocycles. The second-order valence-electron chi connectivity index (χ2n) is 3.54. The van der Waals surface area contributed by atoms with Crippen LogP contribution in [0.2, 0.25) is 0 Å². The maximum atomic E-state index is 8.69. The van der Waals surface area contributed by atoms with Crippen LogP contribution < -0.4 is 0 Å². The lowest BCUT2D eigenvalue weighted by atomic mass is 10.3. The van der Waals surface area contributed by atoms with Crippen molar-refractivity contribution in [2.24, 2.45) is 0 Å². The molecule has 0 radical (unpaired) electrons. The summed E-state index contributed by atoms with van der Waals surface area (Å²) < 4.78 is 4.95. The molecule has 0 aliphatic heterocycles. The topological polar surface area (TPSA) is 49.7 Å². The summed E-state index contributed by atoms with van der Waals surface area (Å²) in [6, 6.07) is 0.